The minimum atomic E-state index is -0.490. The molecule has 9 nitrogen and oxygen atoms in total. The van der Waals surface area contributed by atoms with Gasteiger partial charge in [-0.05, 0) is 43.2 Å². The van der Waals surface area contributed by atoms with E-state index in [4.69, 9.17) is 14.2 Å². The molecule has 0 aliphatic heterocycles. The molecule has 1 heterocycles. The van der Waals surface area contributed by atoms with Crippen LogP contribution in [0.25, 0.3) is 10.2 Å². The fourth-order valence-corrected chi connectivity index (χ4v) is 4.63. The largest absolute Gasteiger partial charge is 0.493 e. The van der Waals surface area contributed by atoms with Crippen LogP contribution in [0.15, 0.2) is 48.5 Å². The van der Waals surface area contributed by atoms with Crippen molar-refractivity contribution in [2.75, 3.05) is 37.3 Å². The number of hydrogen-bond donors (Lipinski definition) is 3. The Bertz CT molecular complexity index is 1400. The Hall–Kier alpha value is -4.31. The summed E-state index contributed by atoms with van der Waals surface area (Å²) in [4.78, 5) is 29.9. The number of benzene rings is 3. The highest BCUT2D eigenvalue weighted by atomic mass is 32.1. The van der Waals surface area contributed by atoms with E-state index < -0.39 is 6.03 Å². The Morgan fingerprint density at radius 3 is 2.11 bits per heavy atom. The molecule has 4 aromatic rings. The number of carbonyl (C=O) groups excluding carboxylic acids is 2. The van der Waals surface area contributed by atoms with Crippen molar-refractivity contribution >= 4 is 50.0 Å². The van der Waals surface area contributed by atoms with Gasteiger partial charge in [-0.3, -0.25) is 10.1 Å². The number of aromatic nitrogens is 1. The number of thiazole rings is 1. The lowest BCUT2D eigenvalue weighted by Gasteiger charge is -2.14. The number of hydrogen-bond acceptors (Lipinski definition) is 7. The van der Waals surface area contributed by atoms with Crippen molar-refractivity contribution in [3.8, 4) is 17.2 Å². The summed E-state index contributed by atoms with van der Waals surface area (Å²) < 4.78 is 16.7. The van der Waals surface area contributed by atoms with E-state index in [-0.39, 0.29) is 5.91 Å². The summed E-state index contributed by atoms with van der Waals surface area (Å²) >= 11 is 1.27. The number of amides is 3. The normalized spacial score (nSPS) is 10.6. The number of para-hydroxylation sites is 1. The number of methoxy groups -OCH3 is 3. The van der Waals surface area contributed by atoms with Gasteiger partial charge in [0.1, 0.15) is 0 Å². The van der Waals surface area contributed by atoms with E-state index >= 15 is 0 Å². The zero-order chi connectivity index (χ0) is 25.8. The van der Waals surface area contributed by atoms with Gasteiger partial charge in [0, 0.05) is 23.4 Å². The van der Waals surface area contributed by atoms with Gasteiger partial charge in [-0.2, -0.15) is 0 Å². The topological polar surface area (TPSA) is 111 Å². The van der Waals surface area contributed by atoms with Gasteiger partial charge in [-0.1, -0.05) is 29.5 Å². The molecule has 4 rings (SSSR count). The fraction of sp³-hybridized carbons (Fsp3) is 0.192. The Kier molecular flexibility index (Phi) is 7.25. The van der Waals surface area contributed by atoms with Gasteiger partial charge in [0.25, 0.3) is 5.91 Å². The molecule has 10 heteroatoms. The van der Waals surface area contributed by atoms with Crippen LogP contribution in [0.3, 0.4) is 0 Å². The van der Waals surface area contributed by atoms with Gasteiger partial charge in [0.05, 0.1) is 37.2 Å². The first-order valence-electron chi connectivity index (χ1n) is 11.0. The number of nitrogens with zero attached hydrogens (tertiary/aromatic N) is 1. The number of nitrogens with one attached hydrogen (secondary N) is 3. The number of carbonyl (C=O) groups is 2. The zero-order valence-electron chi connectivity index (χ0n) is 20.5. The predicted octanol–water partition coefficient (Wildman–Crippen LogP) is 5.84. The van der Waals surface area contributed by atoms with E-state index in [0.717, 1.165) is 21.5 Å². The van der Waals surface area contributed by atoms with E-state index in [1.165, 1.54) is 32.7 Å². The van der Waals surface area contributed by atoms with Gasteiger partial charge in [-0.15, -0.1) is 0 Å². The lowest BCUT2D eigenvalue weighted by molar-refractivity contribution is 0.102. The summed E-state index contributed by atoms with van der Waals surface area (Å²) in [5, 5.41) is 8.85. The Morgan fingerprint density at radius 2 is 1.50 bits per heavy atom. The summed E-state index contributed by atoms with van der Waals surface area (Å²) in [6.45, 7) is 3.91. The molecule has 0 fully saturated rings. The number of ether oxygens (including phenoxy) is 3. The molecule has 1 aromatic heterocycles. The van der Waals surface area contributed by atoms with Crippen LogP contribution in [0.5, 0.6) is 17.2 Å². The standard InChI is InChI=1S/C26H26N4O5S/c1-14-7-6-8-15(2)22(14)29-24(31)16-9-10-18-21(11-16)36-26(28-18)30-25(32)27-17-12-19(33-3)23(35-5)20(13-17)34-4/h6-13H,1-5H3,(H,29,31)(H2,27,28,30,32). The number of rotatable bonds is 7. The molecular formula is C26H26N4O5S. The maximum absolute atomic E-state index is 12.9. The van der Waals surface area contributed by atoms with Gasteiger partial charge < -0.3 is 24.8 Å². The molecule has 3 aromatic carbocycles. The zero-order valence-corrected chi connectivity index (χ0v) is 21.3. The summed E-state index contributed by atoms with van der Waals surface area (Å²) in [6.07, 6.45) is 0. The molecule has 3 amide bonds. The van der Waals surface area contributed by atoms with Crippen LogP contribution in [-0.4, -0.2) is 38.3 Å². The van der Waals surface area contributed by atoms with Gasteiger partial charge >= 0.3 is 6.03 Å². The fourth-order valence-electron chi connectivity index (χ4n) is 3.73. The van der Waals surface area contributed by atoms with Crippen molar-refractivity contribution in [3.05, 3.63) is 65.2 Å². The number of urea groups is 1. The third-order valence-corrected chi connectivity index (χ3v) is 6.45. The predicted molar refractivity (Wildman–Crippen MR) is 142 cm³/mol. The van der Waals surface area contributed by atoms with Crippen LogP contribution in [-0.2, 0) is 0 Å². The molecule has 0 bridgehead atoms. The first-order chi connectivity index (χ1) is 17.3. The Labute approximate surface area is 212 Å². The monoisotopic (exact) mass is 506 g/mol. The van der Waals surface area contributed by atoms with Crippen LogP contribution in [0.2, 0.25) is 0 Å². The first kappa shape index (κ1) is 24.8. The first-order valence-corrected chi connectivity index (χ1v) is 11.8. The average Bonchev–Trinajstić information content (AvgIpc) is 3.26. The van der Waals surface area contributed by atoms with Crippen molar-refractivity contribution in [2.24, 2.45) is 0 Å². The molecule has 0 unspecified atom stereocenters. The number of aryl methyl sites for hydroxylation is 2. The van der Waals surface area contributed by atoms with E-state index in [9.17, 15) is 9.59 Å². The number of fused-ring (bicyclic) bond motifs is 1. The van der Waals surface area contributed by atoms with Crippen LogP contribution >= 0.6 is 11.3 Å². The highest BCUT2D eigenvalue weighted by Gasteiger charge is 2.16. The molecule has 0 aliphatic carbocycles. The molecule has 0 saturated carbocycles. The summed E-state index contributed by atoms with van der Waals surface area (Å²) in [5.41, 5.74) is 4.42. The summed E-state index contributed by atoms with van der Waals surface area (Å²) in [6, 6.07) is 13.9. The lowest BCUT2D eigenvalue weighted by Crippen LogP contribution is -2.19. The molecule has 0 spiro atoms. The van der Waals surface area contributed by atoms with Crippen molar-refractivity contribution in [2.45, 2.75) is 13.8 Å². The smallest absolute Gasteiger partial charge is 0.325 e. The van der Waals surface area contributed by atoms with Crippen molar-refractivity contribution in [1.82, 2.24) is 4.98 Å². The maximum atomic E-state index is 12.9. The van der Waals surface area contributed by atoms with Crippen LogP contribution in [0.4, 0.5) is 21.3 Å². The van der Waals surface area contributed by atoms with E-state index in [0.29, 0.717) is 39.1 Å². The third-order valence-electron chi connectivity index (χ3n) is 5.51. The summed E-state index contributed by atoms with van der Waals surface area (Å²) in [5.74, 6) is 1.05. The van der Waals surface area contributed by atoms with Gasteiger partial charge in [-0.25, -0.2) is 9.78 Å². The van der Waals surface area contributed by atoms with Crippen LogP contribution in [0, 0.1) is 13.8 Å². The van der Waals surface area contributed by atoms with Crippen molar-refractivity contribution < 1.29 is 23.8 Å². The Balaban J connectivity index is 1.49. The summed E-state index contributed by atoms with van der Waals surface area (Å²) in [7, 11) is 4.50. The molecule has 186 valence electrons. The molecule has 0 saturated heterocycles. The SMILES string of the molecule is COc1cc(NC(=O)Nc2nc3ccc(C(=O)Nc4c(C)cccc4C)cc3s2)cc(OC)c1OC. The lowest BCUT2D eigenvalue weighted by atomic mass is 10.1. The second-order valence-electron chi connectivity index (χ2n) is 7.92. The minimum absolute atomic E-state index is 0.211. The van der Waals surface area contributed by atoms with Crippen LogP contribution < -0.4 is 30.2 Å². The van der Waals surface area contributed by atoms with Crippen LogP contribution in [0.1, 0.15) is 21.5 Å². The van der Waals surface area contributed by atoms with E-state index in [2.05, 4.69) is 20.9 Å². The molecule has 36 heavy (non-hydrogen) atoms. The quantitative estimate of drug-likeness (QED) is 0.291. The third kappa shape index (κ3) is 5.18. The van der Waals surface area contributed by atoms with Crippen molar-refractivity contribution in [1.29, 1.82) is 0 Å². The number of anilines is 3. The molecular weight excluding hydrogens is 480 g/mol. The molecule has 0 atom stereocenters. The van der Waals surface area contributed by atoms with E-state index in [1.807, 2.05) is 32.0 Å². The van der Waals surface area contributed by atoms with E-state index in [1.54, 1.807) is 30.3 Å². The molecule has 0 radical (unpaired) electrons. The Morgan fingerprint density at radius 1 is 0.833 bits per heavy atom. The van der Waals surface area contributed by atoms with Gasteiger partial charge in [0.2, 0.25) is 5.75 Å². The second-order valence-corrected chi connectivity index (χ2v) is 8.95. The minimum Gasteiger partial charge on any atom is -0.493 e. The maximum Gasteiger partial charge on any atom is 0.325 e. The highest BCUT2D eigenvalue weighted by molar-refractivity contribution is 7.22. The average molecular weight is 507 g/mol. The highest BCUT2D eigenvalue weighted by Crippen LogP contribution is 2.40. The second kappa shape index (κ2) is 10.5. The van der Waals surface area contributed by atoms with Crippen molar-refractivity contribution in [3.63, 3.8) is 0 Å². The molecule has 3 N–H and O–H groups in total. The van der Waals surface area contributed by atoms with Gasteiger partial charge in [0.15, 0.2) is 16.6 Å². The molecule has 0 aliphatic rings.